The molecule has 92 valence electrons. The van der Waals surface area contributed by atoms with Gasteiger partial charge in [0.15, 0.2) is 0 Å². The van der Waals surface area contributed by atoms with Crippen LogP contribution in [0.2, 0.25) is 0 Å². The number of benzene rings is 1. The number of carbonyl (C=O) groups excluding carboxylic acids is 1. The van der Waals surface area contributed by atoms with Crippen molar-refractivity contribution in [3.8, 4) is 5.75 Å². The fraction of sp³-hybridized carbons (Fsp3) is 0.308. The number of phenols is 1. The van der Waals surface area contributed by atoms with Gasteiger partial charge in [0, 0.05) is 12.6 Å². The Hall–Kier alpha value is -1.81. The van der Waals surface area contributed by atoms with Crippen molar-refractivity contribution in [2.24, 2.45) is 0 Å². The normalized spacial score (nSPS) is 12.6. The second kappa shape index (κ2) is 6.70. The molecule has 0 spiro atoms. The zero-order valence-electron chi connectivity index (χ0n) is 9.76. The van der Waals surface area contributed by atoms with E-state index in [1.165, 1.54) is 6.08 Å². The smallest absolute Gasteiger partial charge is 0.244 e. The molecular weight excluding hydrogens is 218 g/mol. The molecule has 1 unspecified atom stereocenters. The molecule has 4 nitrogen and oxygen atoms in total. The van der Waals surface area contributed by atoms with Gasteiger partial charge in [0.05, 0.1) is 6.10 Å². The SMILES string of the molecule is CC(O)CCNC(=O)C=Cc1ccc(O)cc1. The van der Waals surface area contributed by atoms with E-state index in [1.807, 2.05) is 0 Å². The van der Waals surface area contributed by atoms with Crippen molar-refractivity contribution in [2.45, 2.75) is 19.4 Å². The minimum absolute atomic E-state index is 0.196. The maximum Gasteiger partial charge on any atom is 0.244 e. The van der Waals surface area contributed by atoms with E-state index in [-0.39, 0.29) is 11.7 Å². The molecule has 1 amide bonds. The first-order valence-electron chi connectivity index (χ1n) is 5.51. The minimum Gasteiger partial charge on any atom is -0.508 e. The molecule has 0 aromatic heterocycles. The summed E-state index contributed by atoms with van der Waals surface area (Å²) in [6, 6.07) is 6.56. The first-order valence-corrected chi connectivity index (χ1v) is 5.51. The van der Waals surface area contributed by atoms with E-state index < -0.39 is 6.10 Å². The Morgan fingerprint density at radius 3 is 2.65 bits per heavy atom. The van der Waals surface area contributed by atoms with Crippen molar-refractivity contribution >= 4 is 12.0 Å². The largest absolute Gasteiger partial charge is 0.508 e. The zero-order chi connectivity index (χ0) is 12.7. The van der Waals surface area contributed by atoms with E-state index >= 15 is 0 Å². The lowest BCUT2D eigenvalue weighted by Crippen LogP contribution is -2.24. The number of aliphatic hydroxyl groups excluding tert-OH is 1. The number of amides is 1. The van der Waals surface area contributed by atoms with Crippen molar-refractivity contribution in [1.29, 1.82) is 0 Å². The van der Waals surface area contributed by atoms with Crippen LogP contribution in [0.4, 0.5) is 0 Å². The van der Waals surface area contributed by atoms with Gasteiger partial charge in [-0.2, -0.15) is 0 Å². The highest BCUT2D eigenvalue weighted by Crippen LogP contribution is 2.10. The van der Waals surface area contributed by atoms with E-state index in [1.54, 1.807) is 37.3 Å². The monoisotopic (exact) mass is 235 g/mol. The maximum absolute atomic E-state index is 11.3. The number of phenolic OH excluding ortho intramolecular Hbond substituents is 1. The minimum atomic E-state index is -0.406. The topological polar surface area (TPSA) is 69.6 Å². The van der Waals surface area contributed by atoms with Gasteiger partial charge in [-0.3, -0.25) is 4.79 Å². The summed E-state index contributed by atoms with van der Waals surface area (Å²) in [4.78, 5) is 11.3. The second-order valence-corrected chi connectivity index (χ2v) is 3.85. The van der Waals surface area contributed by atoms with Crippen molar-refractivity contribution in [3.63, 3.8) is 0 Å². The van der Waals surface area contributed by atoms with Crippen LogP contribution in [0.5, 0.6) is 5.75 Å². The van der Waals surface area contributed by atoms with Gasteiger partial charge in [-0.05, 0) is 37.1 Å². The van der Waals surface area contributed by atoms with Crippen LogP contribution in [0, 0.1) is 0 Å². The molecule has 0 aliphatic rings. The van der Waals surface area contributed by atoms with E-state index in [0.717, 1.165) is 5.56 Å². The van der Waals surface area contributed by atoms with Gasteiger partial charge in [0.1, 0.15) is 5.75 Å². The number of rotatable bonds is 5. The lowest BCUT2D eigenvalue weighted by atomic mass is 10.2. The average molecular weight is 235 g/mol. The summed E-state index contributed by atoms with van der Waals surface area (Å²) in [7, 11) is 0. The summed E-state index contributed by atoms with van der Waals surface area (Å²) in [5.74, 6) is 0.00209. The van der Waals surface area contributed by atoms with Crippen LogP contribution in [0.25, 0.3) is 6.08 Å². The molecule has 0 radical (unpaired) electrons. The van der Waals surface area contributed by atoms with Crippen LogP contribution < -0.4 is 5.32 Å². The number of carbonyl (C=O) groups is 1. The third-order valence-corrected chi connectivity index (χ3v) is 2.18. The number of hydrogen-bond donors (Lipinski definition) is 3. The molecule has 0 bridgehead atoms. The van der Waals surface area contributed by atoms with Gasteiger partial charge in [0.25, 0.3) is 0 Å². The third kappa shape index (κ3) is 5.73. The van der Waals surface area contributed by atoms with Gasteiger partial charge in [-0.1, -0.05) is 12.1 Å². The fourth-order valence-electron chi connectivity index (χ4n) is 1.22. The predicted octanol–water partition coefficient (Wildman–Crippen LogP) is 1.29. The van der Waals surface area contributed by atoms with Crippen LogP contribution in [0.3, 0.4) is 0 Å². The lowest BCUT2D eigenvalue weighted by molar-refractivity contribution is -0.116. The highest BCUT2D eigenvalue weighted by Gasteiger charge is 1.97. The molecule has 0 aliphatic carbocycles. The van der Waals surface area contributed by atoms with Crippen LogP contribution in [0.15, 0.2) is 30.3 Å². The Labute approximate surface area is 101 Å². The van der Waals surface area contributed by atoms with E-state index in [4.69, 9.17) is 10.2 Å². The molecule has 4 heteroatoms. The highest BCUT2D eigenvalue weighted by molar-refractivity contribution is 5.91. The van der Waals surface area contributed by atoms with Crippen LogP contribution in [0.1, 0.15) is 18.9 Å². The van der Waals surface area contributed by atoms with Gasteiger partial charge < -0.3 is 15.5 Å². The van der Waals surface area contributed by atoms with Crippen LogP contribution in [-0.2, 0) is 4.79 Å². The fourth-order valence-corrected chi connectivity index (χ4v) is 1.22. The van der Waals surface area contributed by atoms with Crippen molar-refractivity contribution in [3.05, 3.63) is 35.9 Å². The molecule has 1 rings (SSSR count). The molecule has 17 heavy (non-hydrogen) atoms. The molecular formula is C13H17NO3. The number of hydrogen-bond acceptors (Lipinski definition) is 3. The third-order valence-electron chi connectivity index (χ3n) is 2.18. The molecule has 1 aromatic rings. The summed E-state index contributed by atoms with van der Waals surface area (Å²) in [6.07, 6.45) is 3.22. The maximum atomic E-state index is 11.3. The van der Waals surface area contributed by atoms with E-state index in [9.17, 15) is 4.79 Å². The summed E-state index contributed by atoms with van der Waals surface area (Å²) in [6.45, 7) is 2.13. The first kappa shape index (κ1) is 13.3. The number of aromatic hydroxyl groups is 1. The number of nitrogens with one attached hydrogen (secondary N) is 1. The van der Waals surface area contributed by atoms with E-state index in [2.05, 4.69) is 5.32 Å². The Kier molecular flexibility index (Phi) is 5.23. The van der Waals surface area contributed by atoms with Gasteiger partial charge in [-0.15, -0.1) is 0 Å². The van der Waals surface area contributed by atoms with Crippen molar-refractivity contribution in [2.75, 3.05) is 6.54 Å². The van der Waals surface area contributed by atoms with E-state index in [0.29, 0.717) is 13.0 Å². The molecule has 1 atom stereocenters. The Morgan fingerprint density at radius 2 is 2.06 bits per heavy atom. The first-order chi connectivity index (χ1) is 8.08. The van der Waals surface area contributed by atoms with Gasteiger partial charge in [-0.25, -0.2) is 0 Å². The Balaban J connectivity index is 2.37. The van der Waals surface area contributed by atoms with Gasteiger partial charge >= 0.3 is 0 Å². The molecule has 3 N–H and O–H groups in total. The van der Waals surface area contributed by atoms with Crippen molar-refractivity contribution < 1.29 is 15.0 Å². The average Bonchev–Trinajstić information content (AvgIpc) is 2.28. The number of aliphatic hydroxyl groups is 1. The van der Waals surface area contributed by atoms with Crippen LogP contribution >= 0.6 is 0 Å². The Morgan fingerprint density at radius 1 is 1.41 bits per heavy atom. The molecule has 0 aliphatic heterocycles. The Bertz CT molecular complexity index is 382. The molecule has 0 saturated heterocycles. The highest BCUT2D eigenvalue weighted by atomic mass is 16.3. The molecule has 0 heterocycles. The lowest BCUT2D eigenvalue weighted by Gasteiger charge is -2.03. The summed E-state index contributed by atoms with van der Waals surface area (Å²) in [5.41, 5.74) is 0.841. The predicted molar refractivity (Wildman–Crippen MR) is 66.4 cm³/mol. The quantitative estimate of drug-likeness (QED) is 0.674. The summed E-state index contributed by atoms with van der Waals surface area (Å²) in [5, 5.41) is 20.7. The van der Waals surface area contributed by atoms with Crippen molar-refractivity contribution in [1.82, 2.24) is 5.32 Å². The molecule has 0 fully saturated rings. The van der Waals surface area contributed by atoms with Crippen LogP contribution in [-0.4, -0.2) is 28.8 Å². The summed E-state index contributed by atoms with van der Waals surface area (Å²) >= 11 is 0. The second-order valence-electron chi connectivity index (χ2n) is 3.85. The standard InChI is InChI=1S/C13H17NO3/c1-10(15)8-9-14-13(17)7-4-11-2-5-12(16)6-3-11/h2-7,10,15-16H,8-9H2,1H3,(H,14,17). The van der Waals surface area contributed by atoms with Gasteiger partial charge in [0.2, 0.25) is 5.91 Å². The summed E-state index contributed by atoms with van der Waals surface area (Å²) < 4.78 is 0. The molecule has 1 aromatic carbocycles. The molecule has 0 saturated carbocycles. The zero-order valence-corrected chi connectivity index (χ0v) is 9.76.